The minimum atomic E-state index is -0.331. The third kappa shape index (κ3) is 4.09. The Hall–Kier alpha value is -3.81. The molecule has 0 N–H and O–H groups in total. The molecule has 0 aliphatic rings. The maximum absolute atomic E-state index is 12.5. The van der Waals surface area contributed by atoms with Crippen molar-refractivity contribution in [2.24, 2.45) is 14.1 Å². The van der Waals surface area contributed by atoms with E-state index in [4.69, 9.17) is 14.2 Å². The number of hydrogen-bond acceptors (Lipinski definition) is 6. The van der Waals surface area contributed by atoms with E-state index in [1.807, 2.05) is 54.1 Å². The van der Waals surface area contributed by atoms with Gasteiger partial charge in [0.05, 0.1) is 43.6 Å². The number of carbonyl (C=O) groups is 1. The first-order valence-corrected chi connectivity index (χ1v) is 9.80. The molecule has 2 aromatic heterocycles. The number of aryl methyl sites for hydroxylation is 2. The zero-order valence-corrected chi connectivity index (χ0v) is 18.0. The Labute approximate surface area is 180 Å². The topological polar surface area (TPSA) is 80.4 Å². The van der Waals surface area contributed by atoms with Crippen LogP contribution in [0.5, 0.6) is 11.5 Å². The van der Waals surface area contributed by atoms with Crippen molar-refractivity contribution in [3.63, 3.8) is 0 Å². The molecular weight excluding hydrogens is 396 g/mol. The van der Waals surface area contributed by atoms with E-state index in [2.05, 4.69) is 10.1 Å². The van der Waals surface area contributed by atoms with Crippen molar-refractivity contribution in [3.05, 3.63) is 60.0 Å². The van der Waals surface area contributed by atoms with E-state index in [0.717, 1.165) is 27.9 Å². The Morgan fingerprint density at radius 3 is 2.48 bits per heavy atom. The number of esters is 1. The maximum Gasteiger partial charge on any atom is 0.312 e. The summed E-state index contributed by atoms with van der Waals surface area (Å²) in [6.45, 7) is 0.191. The number of benzene rings is 2. The van der Waals surface area contributed by atoms with Gasteiger partial charge in [0.15, 0.2) is 0 Å². The molecule has 0 saturated heterocycles. The molecule has 4 aromatic rings. The predicted octanol–water partition coefficient (Wildman–Crippen LogP) is 3.28. The van der Waals surface area contributed by atoms with Gasteiger partial charge in [-0.15, -0.1) is 0 Å². The van der Waals surface area contributed by atoms with Gasteiger partial charge in [-0.1, -0.05) is 12.1 Å². The first kappa shape index (κ1) is 20.5. The molecule has 160 valence electrons. The number of imidazole rings is 1. The van der Waals surface area contributed by atoms with E-state index < -0.39 is 0 Å². The van der Waals surface area contributed by atoms with Gasteiger partial charge in [0.1, 0.15) is 23.8 Å². The fourth-order valence-electron chi connectivity index (χ4n) is 3.53. The summed E-state index contributed by atoms with van der Waals surface area (Å²) in [5.74, 6) is 0.968. The smallest absolute Gasteiger partial charge is 0.312 e. The van der Waals surface area contributed by atoms with Crippen LogP contribution in [0.3, 0.4) is 0 Å². The van der Waals surface area contributed by atoms with Crippen molar-refractivity contribution in [3.8, 4) is 22.8 Å². The van der Waals surface area contributed by atoms with Gasteiger partial charge in [0.2, 0.25) is 0 Å². The van der Waals surface area contributed by atoms with Crippen LogP contribution in [-0.4, -0.2) is 39.5 Å². The fourth-order valence-corrected chi connectivity index (χ4v) is 3.53. The predicted molar refractivity (Wildman–Crippen MR) is 116 cm³/mol. The highest BCUT2D eigenvalue weighted by Crippen LogP contribution is 2.37. The highest BCUT2D eigenvalue weighted by molar-refractivity contribution is 5.77. The quantitative estimate of drug-likeness (QED) is 0.427. The molecule has 8 heteroatoms. The Balaban J connectivity index is 1.47. The summed E-state index contributed by atoms with van der Waals surface area (Å²) in [7, 11) is 6.93. The van der Waals surface area contributed by atoms with E-state index in [1.165, 1.54) is 0 Å². The summed E-state index contributed by atoms with van der Waals surface area (Å²) in [5, 5.41) is 4.54. The van der Waals surface area contributed by atoms with Gasteiger partial charge in [-0.25, -0.2) is 4.98 Å². The van der Waals surface area contributed by atoms with Gasteiger partial charge >= 0.3 is 5.97 Å². The standard InChI is InChI=1S/C23H24N4O4/c1-26-14-24-17-10-15(8-9-19(17)26)13-31-22(28)12-16-11-18(25-27(16)2)23-20(29-3)6-5-7-21(23)30-4/h5-11,14H,12-13H2,1-4H3. The summed E-state index contributed by atoms with van der Waals surface area (Å²) in [4.78, 5) is 16.8. The van der Waals surface area contributed by atoms with Gasteiger partial charge < -0.3 is 18.8 Å². The molecule has 4 rings (SSSR count). The van der Waals surface area contributed by atoms with Gasteiger partial charge in [0, 0.05) is 19.8 Å². The fraction of sp³-hybridized carbons (Fsp3) is 0.261. The molecule has 31 heavy (non-hydrogen) atoms. The van der Waals surface area contributed by atoms with Crippen molar-refractivity contribution in [1.29, 1.82) is 0 Å². The zero-order valence-electron chi connectivity index (χ0n) is 18.0. The molecule has 8 nitrogen and oxygen atoms in total. The molecule has 2 heterocycles. The van der Waals surface area contributed by atoms with Gasteiger partial charge in [-0.3, -0.25) is 9.48 Å². The average molecular weight is 420 g/mol. The van der Waals surface area contributed by atoms with E-state index in [1.54, 1.807) is 32.3 Å². The van der Waals surface area contributed by atoms with Gasteiger partial charge in [0.25, 0.3) is 0 Å². The number of methoxy groups -OCH3 is 2. The summed E-state index contributed by atoms with van der Waals surface area (Å²) in [6.07, 6.45) is 1.87. The van der Waals surface area contributed by atoms with Crippen molar-refractivity contribution in [2.75, 3.05) is 14.2 Å². The SMILES string of the molecule is COc1cccc(OC)c1-c1cc(CC(=O)OCc2ccc3c(c2)ncn3C)n(C)n1. The van der Waals surface area contributed by atoms with Gasteiger partial charge in [-0.2, -0.15) is 5.10 Å². The molecule has 0 aliphatic carbocycles. The second kappa shape index (κ2) is 8.51. The van der Waals surface area contributed by atoms with Crippen LogP contribution in [0, 0.1) is 0 Å². The first-order valence-electron chi connectivity index (χ1n) is 9.80. The van der Waals surface area contributed by atoms with Gasteiger partial charge in [-0.05, 0) is 35.9 Å². The van der Waals surface area contributed by atoms with E-state index in [0.29, 0.717) is 17.2 Å². The minimum absolute atomic E-state index is 0.104. The van der Waals surface area contributed by atoms with Crippen LogP contribution >= 0.6 is 0 Å². The summed E-state index contributed by atoms with van der Waals surface area (Å²) < 4.78 is 20.0. The third-order valence-corrected chi connectivity index (χ3v) is 5.18. The lowest BCUT2D eigenvalue weighted by Gasteiger charge is -2.10. The van der Waals surface area contributed by atoms with Crippen LogP contribution in [0.1, 0.15) is 11.3 Å². The lowest BCUT2D eigenvalue weighted by Crippen LogP contribution is -2.11. The molecule has 0 unspecified atom stereocenters. The zero-order chi connectivity index (χ0) is 22.0. The van der Waals surface area contributed by atoms with Crippen molar-refractivity contribution in [2.45, 2.75) is 13.0 Å². The van der Waals surface area contributed by atoms with Crippen LogP contribution in [0.15, 0.2) is 48.8 Å². The van der Waals surface area contributed by atoms with Crippen LogP contribution in [0.25, 0.3) is 22.3 Å². The highest BCUT2D eigenvalue weighted by atomic mass is 16.5. The molecular formula is C23H24N4O4. The molecule has 0 radical (unpaired) electrons. The van der Waals surface area contributed by atoms with Crippen LogP contribution in [-0.2, 0) is 36.7 Å². The van der Waals surface area contributed by atoms with Crippen molar-refractivity contribution in [1.82, 2.24) is 19.3 Å². The number of carbonyl (C=O) groups excluding carboxylic acids is 1. The summed E-state index contributed by atoms with van der Waals surface area (Å²) in [5.41, 5.74) is 4.94. The molecule has 0 spiro atoms. The summed E-state index contributed by atoms with van der Waals surface area (Å²) >= 11 is 0. The molecule has 0 aliphatic heterocycles. The first-order chi connectivity index (χ1) is 15.0. The number of hydrogen-bond donors (Lipinski definition) is 0. The van der Waals surface area contributed by atoms with E-state index in [9.17, 15) is 4.79 Å². The molecule has 0 atom stereocenters. The van der Waals surface area contributed by atoms with Crippen LogP contribution < -0.4 is 9.47 Å². The Kier molecular flexibility index (Phi) is 5.62. The number of fused-ring (bicyclic) bond motifs is 1. The third-order valence-electron chi connectivity index (χ3n) is 5.18. The van der Waals surface area contributed by atoms with Crippen LogP contribution in [0.4, 0.5) is 0 Å². The summed E-state index contributed by atoms with van der Waals surface area (Å²) in [6, 6.07) is 13.2. The van der Waals surface area contributed by atoms with E-state index in [-0.39, 0.29) is 19.0 Å². The molecule has 2 aromatic carbocycles. The molecule has 0 saturated carbocycles. The van der Waals surface area contributed by atoms with Crippen molar-refractivity contribution >= 4 is 17.0 Å². The minimum Gasteiger partial charge on any atom is -0.496 e. The number of nitrogens with zero attached hydrogens (tertiary/aromatic N) is 4. The van der Waals surface area contributed by atoms with Crippen molar-refractivity contribution < 1.29 is 19.0 Å². The normalized spacial score (nSPS) is 11.0. The maximum atomic E-state index is 12.5. The van der Waals surface area contributed by atoms with E-state index >= 15 is 0 Å². The molecule has 0 fully saturated rings. The molecule has 0 amide bonds. The Bertz CT molecular complexity index is 1220. The lowest BCUT2D eigenvalue weighted by atomic mass is 10.1. The Morgan fingerprint density at radius 2 is 1.77 bits per heavy atom. The number of aromatic nitrogens is 4. The average Bonchev–Trinajstić information content (AvgIpc) is 3.33. The monoisotopic (exact) mass is 420 g/mol. The lowest BCUT2D eigenvalue weighted by molar-refractivity contribution is -0.144. The largest absolute Gasteiger partial charge is 0.496 e. The number of rotatable bonds is 7. The second-order valence-electron chi connectivity index (χ2n) is 7.20. The molecule has 0 bridgehead atoms. The Morgan fingerprint density at radius 1 is 1.03 bits per heavy atom. The highest BCUT2D eigenvalue weighted by Gasteiger charge is 2.18. The second-order valence-corrected chi connectivity index (χ2v) is 7.20. The van der Waals surface area contributed by atoms with Crippen LogP contribution in [0.2, 0.25) is 0 Å². The number of ether oxygens (including phenoxy) is 3.